The van der Waals surface area contributed by atoms with Gasteiger partial charge in [-0.25, -0.2) is 0 Å². The molecule has 0 aliphatic rings. The van der Waals surface area contributed by atoms with Gasteiger partial charge in [0.15, 0.2) is 0 Å². The van der Waals surface area contributed by atoms with Gasteiger partial charge in [-0.1, -0.05) is 5.98 Å². The average Bonchev–Trinajstić information content (AvgIpc) is 1.84. The Hall–Kier alpha value is -0.275. The van der Waals surface area contributed by atoms with E-state index in [0.29, 0.717) is 0 Å². The van der Waals surface area contributed by atoms with E-state index < -0.39 is 0 Å². The summed E-state index contributed by atoms with van der Waals surface area (Å²) in [5.41, 5.74) is 0. The minimum atomic E-state index is -0.269. The highest BCUT2D eigenvalue weighted by atomic mass is 16.6. The number of hydrogen-bond donors (Lipinski definition) is 0. The van der Waals surface area contributed by atoms with Gasteiger partial charge in [-0.05, 0) is 27.7 Å². The van der Waals surface area contributed by atoms with Crippen LogP contribution in [0.15, 0.2) is 12.6 Å². The van der Waals surface area contributed by atoms with Crippen LogP contribution in [0, 0.1) is 0 Å². The smallest absolute Gasteiger partial charge is 0.405 e. The van der Waals surface area contributed by atoms with Crippen molar-refractivity contribution in [1.82, 2.24) is 0 Å². The largest absolute Gasteiger partial charge is 0.485 e. The minimum absolute atomic E-state index is 0.178. The lowest BCUT2D eigenvalue weighted by Gasteiger charge is -2.16. The molecule has 0 bridgehead atoms. The van der Waals surface area contributed by atoms with Gasteiger partial charge in [-0.15, -0.1) is 6.58 Å². The van der Waals surface area contributed by atoms with Crippen molar-refractivity contribution in [3.63, 3.8) is 0 Å². The fourth-order valence-electron chi connectivity index (χ4n) is 0.680. The summed E-state index contributed by atoms with van der Waals surface area (Å²) in [6, 6.07) is 0. The fourth-order valence-corrected chi connectivity index (χ4v) is 0.680. The quantitative estimate of drug-likeness (QED) is 0.567. The number of rotatable bonds is 5. The molecule has 2 nitrogen and oxygen atoms in total. The molecule has 0 N–H and O–H groups in total. The summed E-state index contributed by atoms with van der Waals surface area (Å²) in [7, 11) is -0.269. The Bertz CT molecular complexity index is 103. The second-order valence-corrected chi connectivity index (χ2v) is 2.97. The van der Waals surface area contributed by atoms with E-state index in [-0.39, 0.29) is 19.3 Å². The molecule has 0 fully saturated rings. The molecule has 0 aromatic heterocycles. The minimum Gasteiger partial charge on any atom is -0.405 e. The van der Waals surface area contributed by atoms with E-state index in [1.807, 2.05) is 27.7 Å². The van der Waals surface area contributed by atoms with Gasteiger partial charge in [0.2, 0.25) is 0 Å². The van der Waals surface area contributed by atoms with E-state index in [9.17, 15) is 0 Å². The molecule has 0 radical (unpaired) electrons. The molecule has 0 unspecified atom stereocenters. The Balaban J connectivity index is 3.67. The maximum absolute atomic E-state index is 5.37. The summed E-state index contributed by atoms with van der Waals surface area (Å²) in [6.45, 7) is 11.5. The third-order valence-corrected chi connectivity index (χ3v) is 1.01. The molecule has 0 amide bonds. The van der Waals surface area contributed by atoms with Crippen molar-refractivity contribution in [2.45, 2.75) is 39.9 Å². The van der Waals surface area contributed by atoms with Crippen LogP contribution < -0.4 is 0 Å². The first-order chi connectivity index (χ1) is 5.06. The van der Waals surface area contributed by atoms with Gasteiger partial charge >= 0.3 is 7.12 Å². The van der Waals surface area contributed by atoms with Crippen LogP contribution >= 0.6 is 0 Å². The van der Waals surface area contributed by atoms with Gasteiger partial charge in [-0.2, -0.15) is 0 Å². The zero-order chi connectivity index (χ0) is 8.85. The Labute approximate surface area is 69.7 Å². The molecule has 0 aromatic rings. The Morgan fingerprint density at radius 3 is 1.64 bits per heavy atom. The molecule has 0 saturated carbocycles. The highest BCUT2D eigenvalue weighted by molar-refractivity contribution is 6.50. The predicted molar refractivity (Wildman–Crippen MR) is 48.4 cm³/mol. The van der Waals surface area contributed by atoms with Crippen LogP contribution in [-0.4, -0.2) is 19.3 Å². The summed E-state index contributed by atoms with van der Waals surface area (Å²) in [5, 5.41) is 0. The van der Waals surface area contributed by atoms with Crippen LogP contribution in [0.5, 0.6) is 0 Å². The van der Waals surface area contributed by atoms with E-state index >= 15 is 0 Å². The standard InChI is InChI=1S/C8H17BO2/c1-6-9(10-7(2)3)11-8(4)5/h6-8H,1H2,2-5H3. The first-order valence-electron chi connectivity index (χ1n) is 3.99. The van der Waals surface area contributed by atoms with Crippen LogP contribution in [0.2, 0.25) is 0 Å². The third-order valence-electron chi connectivity index (χ3n) is 1.01. The predicted octanol–water partition coefficient (Wildman–Crippen LogP) is 2.05. The Morgan fingerprint density at radius 2 is 1.45 bits per heavy atom. The monoisotopic (exact) mass is 156 g/mol. The van der Waals surface area contributed by atoms with Gasteiger partial charge in [-0.3, -0.25) is 0 Å². The van der Waals surface area contributed by atoms with Crippen LogP contribution in [0.4, 0.5) is 0 Å². The normalized spacial score (nSPS) is 10.7. The topological polar surface area (TPSA) is 18.5 Å². The zero-order valence-corrected chi connectivity index (χ0v) is 7.83. The maximum atomic E-state index is 5.37. The SMILES string of the molecule is C=CB(OC(C)C)OC(C)C. The summed E-state index contributed by atoms with van der Waals surface area (Å²) >= 11 is 0. The molecular weight excluding hydrogens is 139 g/mol. The molecular formula is C8H17BO2. The van der Waals surface area contributed by atoms with Crippen molar-refractivity contribution in [3.8, 4) is 0 Å². The van der Waals surface area contributed by atoms with Crippen LogP contribution in [0.3, 0.4) is 0 Å². The van der Waals surface area contributed by atoms with E-state index in [1.165, 1.54) is 0 Å². The number of hydrogen-bond acceptors (Lipinski definition) is 2. The summed E-state index contributed by atoms with van der Waals surface area (Å²) in [4.78, 5) is 0. The molecule has 0 rings (SSSR count). The van der Waals surface area contributed by atoms with Gasteiger partial charge in [0.1, 0.15) is 0 Å². The molecule has 0 atom stereocenters. The highest BCUT2D eigenvalue weighted by Gasteiger charge is 2.16. The molecule has 0 heterocycles. The van der Waals surface area contributed by atoms with Crippen molar-refractivity contribution >= 4 is 7.12 Å². The lowest BCUT2D eigenvalue weighted by Crippen LogP contribution is -2.27. The molecule has 11 heavy (non-hydrogen) atoms. The fraction of sp³-hybridized carbons (Fsp3) is 0.750. The van der Waals surface area contributed by atoms with Crippen LogP contribution in [-0.2, 0) is 9.31 Å². The van der Waals surface area contributed by atoms with E-state index in [1.54, 1.807) is 5.98 Å². The molecule has 0 spiro atoms. The lowest BCUT2D eigenvalue weighted by atomic mass is 9.90. The Kier molecular flexibility index (Phi) is 5.25. The highest BCUT2D eigenvalue weighted by Crippen LogP contribution is 2.00. The van der Waals surface area contributed by atoms with Crippen molar-refractivity contribution in [3.05, 3.63) is 12.6 Å². The first kappa shape index (κ1) is 10.7. The summed E-state index contributed by atoms with van der Waals surface area (Å²) in [5.74, 6) is 1.67. The lowest BCUT2D eigenvalue weighted by molar-refractivity contribution is 0.138. The van der Waals surface area contributed by atoms with E-state index in [0.717, 1.165) is 0 Å². The molecule has 64 valence electrons. The molecule has 0 aromatic carbocycles. The van der Waals surface area contributed by atoms with Crippen molar-refractivity contribution in [2.75, 3.05) is 0 Å². The van der Waals surface area contributed by atoms with Crippen molar-refractivity contribution in [1.29, 1.82) is 0 Å². The van der Waals surface area contributed by atoms with Crippen LogP contribution in [0.25, 0.3) is 0 Å². The Morgan fingerprint density at radius 1 is 1.09 bits per heavy atom. The van der Waals surface area contributed by atoms with Crippen molar-refractivity contribution in [2.24, 2.45) is 0 Å². The van der Waals surface area contributed by atoms with E-state index in [4.69, 9.17) is 9.31 Å². The van der Waals surface area contributed by atoms with Crippen LogP contribution in [0.1, 0.15) is 27.7 Å². The summed E-state index contributed by atoms with van der Waals surface area (Å²) < 4.78 is 10.7. The average molecular weight is 156 g/mol. The maximum Gasteiger partial charge on any atom is 0.485 e. The molecule has 0 aliphatic heterocycles. The van der Waals surface area contributed by atoms with Gasteiger partial charge < -0.3 is 9.31 Å². The van der Waals surface area contributed by atoms with Gasteiger partial charge in [0, 0.05) is 12.2 Å². The molecule has 0 saturated heterocycles. The second-order valence-electron chi connectivity index (χ2n) is 2.97. The molecule has 3 heteroatoms. The molecule has 0 aliphatic carbocycles. The zero-order valence-electron chi connectivity index (χ0n) is 7.83. The van der Waals surface area contributed by atoms with E-state index in [2.05, 4.69) is 6.58 Å². The third kappa shape index (κ3) is 6.14. The first-order valence-corrected chi connectivity index (χ1v) is 3.99. The summed E-state index contributed by atoms with van der Waals surface area (Å²) in [6.07, 6.45) is 0.355. The van der Waals surface area contributed by atoms with Gasteiger partial charge in [0.05, 0.1) is 0 Å². The van der Waals surface area contributed by atoms with Gasteiger partial charge in [0.25, 0.3) is 0 Å². The van der Waals surface area contributed by atoms with Crippen molar-refractivity contribution < 1.29 is 9.31 Å². The second kappa shape index (κ2) is 5.39.